The molecule has 5 unspecified atom stereocenters. The van der Waals surface area contributed by atoms with Crippen molar-refractivity contribution in [3.05, 3.63) is 0 Å². The molecule has 2 rings (SSSR count). The smallest absolute Gasteiger partial charge is 0.225 e. The van der Waals surface area contributed by atoms with Crippen LogP contribution in [0.25, 0.3) is 0 Å². The Morgan fingerprint density at radius 3 is 2.76 bits per heavy atom. The number of amides is 1. The second-order valence-electron chi connectivity index (χ2n) is 5.62. The minimum atomic E-state index is -0.418. The van der Waals surface area contributed by atoms with Gasteiger partial charge in [0.15, 0.2) is 0 Å². The highest BCUT2D eigenvalue weighted by atomic mass is 16.3. The maximum atomic E-state index is 12.1. The molecule has 4 nitrogen and oxygen atoms in total. The zero-order valence-corrected chi connectivity index (χ0v) is 10.6. The van der Waals surface area contributed by atoms with Gasteiger partial charge in [-0.2, -0.15) is 0 Å². The molecule has 0 heterocycles. The van der Waals surface area contributed by atoms with Crippen LogP contribution in [-0.4, -0.2) is 29.7 Å². The summed E-state index contributed by atoms with van der Waals surface area (Å²) in [6.07, 6.45) is 4.71. The molecule has 0 saturated heterocycles. The molecule has 0 radical (unpaired) electrons. The van der Waals surface area contributed by atoms with Crippen LogP contribution in [0.15, 0.2) is 0 Å². The van der Waals surface area contributed by atoms with Crippen LogP contribution in [-0.2, 0) is 4.79 Å². The van der Waals surface area contributed by atoms with Crippen molar-refractivity contribution >= 4 is 5.91 Å². The predicted octanol–water partition coefficient (Wildman–Crippen LogP) is 0.637. The summed E-state index contributed by atoms with van der Waals surface area (Å²) in [6, 6.07) is 0.0390. The second kappa shape index (κ2) is 5.36. The highest BCUT2D eigenvalue weighted by Gasteiger charge is 2.48. The van der Waals surface area contributed by atoms with E-state index < -0.39 is 6.10 Å². The summed E-state index contributed by atoms with van der Waals surface area (Å²) in [7, 11) is 0. The molecule has 0 aromatic heterocycles. The molecule has 4 N–H and O–H groups in total. The SMILES string of the molecule is CCCC(O)CNC(=O)C1C2CCC(C2)C1N. The molecular weight excluding hydrogens is 216 g/mol. The lowest BCUT2D eigenvalue weighted by atomic mass is 9.84. The third-order valence-corrected chi connectivity index (χ3v) is 4.42. The van der Waals surface area contributed by atoms with Gasteiger partial charge in [-0.25, -0.2) is 0 Å². The van der Waals surface area contributed by atoms with E-state index in [4.69, 9.17) is 5.73 Å². The Morgan fingerprint density at radius 1 is 1.47 bits per heavy atom. The maximum Gasteiger partial charge on any atom is 0.225 e. The number of aliphatic hydroxyl groups is 1. The molecule has 1 amide bonds. The van der Waals surface area contributed by atoms with Crippen LogP contribution in [0.2, 0.25) is 0 Å². The quantitative estimate of drug-likeness (QED) is 0.660. The molecule has 17 heavy (non-hydrogen) atoms. The number of carbonyl (C=O) groups excluding carboxylic acids is 1. The molecule has 2 saturated carbocycles. The molecule has 98 valence electrons. The van der Waals surface area contributed by atoms with Crippen LogP contribution in [0.3, 0.4) is 0 Å². The number of carbonyl (C=O) groups is 1. The lowest BCUT2D eigenvalue weighted by Crippen LogP contribution is -2.46. The Kier molecular flexibility index (Phi) is 4.05. The van der Waals surface area contributed by atoms with Crippen molar-refractivity contribution in [2.24, 2.45) is 23.5 Å². The van der Waals surface area contributed by atoms with E-state index in [1.54, 1.807) is 0 Å². The van der Waals surface area contributed by atoms with E-state index in [0.29, 0.717) is 18.4 Å². The van der Waals surface area contributed by atoms with E-state index in [9.17, 15) is 9.90 Å². The minimum absolute atomic E-state index is 0.0115. The van der Waals surface area contributed by atoms with Crippen LogP contribution in [0.5, 0.6) is 0 Å². The molecule has 0 spiro atoms. The Hall–Kier alpha value is -0.610. The van der Waals surface area contributed by atoms with Gasteiger partial charge in [0.25, 0.3) is 0 Å². The molecule has 2 fully saturated rings. The molecule has 0 aliphatic heterocycles. The molecule has 2 bridgehead atoms. The zero-order chi connectivity index (χ0) is 12.4. The van der Waals surface area contributed by atoms with Gasteiger partial charge < -0.3 is 16.2 Å². The van der Waals surface area contributed by atoms with Gasteiger partial charge in [-0.15, -0.1) is 0 Å². The van der Waals surface area contributed by atoms with Crippen molar-refractivity contribution < 1.29 is 9.90 Å². The Balaban J connectivity index is 1.80. The maximum absolute atomic E-state index is 12.1. The van der Waals surface area contributed by atoms with Crippen LogP contribution in [0.4, 0.5) is 0 Å². The number of hydrogen-bond donors (Lipinski definition) is 3. The highest BCUT2D eigenvalue weighted by molar-refractivity contribution is 5.80. The van der Waals surface area contributed by atoms with Gasteiger partial charge in [-0.05, 0) is 37.5 Å². The van der Waals surface area contributed by atoms with Crippen LogP contribution >= 0.6 is 0 Å². The number of nitrogens with two attached hydrogens (primary N) is 1. The highest BCUT2D eigenvalue weighted by Crippen LogP contribution is 2.47. The van der Waals surface area contributed by atoms with Crippen molar-refractivity contribution in [1.82, 2.24) is 5.32 Å². The molecular formula is C13H24N2O2. The summed E-state index contributed by atoms with van der Waals surface area (Å²) in [4.78, 5) is 12.1. The molecule has 2 aliphatic carbocycles. The standard InChI is InChI=1S/C13H24N2O2/c1-2-3-10(16)7-15-13(17)11-8-4-5-9(6-8)12(11)14/h8-12,16H,2-7,14H2,1H3,(H,15,17). The van der Waals surface area contributed by atoms with Gasteiger partial charge >= 0.3 is 0 Å². The summed E-state index contributed by atoms with van der Waals surface area (Å²) in [5.74, 6) is 1.08. The number of rotatable bonds is 5. The zero-order valence-electron chi connectivity index (χ0n) is 10.6. The number of hydrogen-bond acceptors (Lipinski definition) is 3. The van der Waals surface area contributed by atoms with Crippen LogP contribution in [0.1, 0.15) is 39.0 Å². The number of aliphatic hydroxyl groups excluding tert-OH is 1. The fraction of sp³-hybridized carbons (Fsp3) is 0.923. The number of nitrogens with one attached hydrogen (secondary N) is 1. The van der Waals surface area contributed by atoms with E-state index in [0.717, 1.165) is 25.7 Å². The lowest BCUT2D eigenvalue weighted by molar-refractivity contribution is -0.127. The minimum Gasteiger partial charge on any atom is -0.391 e. The van der Waals surface area contributed by atoms with E-state index in [1.165, 1.54) is 6.42 Å². The van der Waals surface area contributed by atoms with Gasteiger partial charge in [0.05, 0.1) is 12.0 Å². The first kappa shape index (κ1) is 12.8. The first-order chi connectivity index (χ1) is 8.13. The monoisotopic (exact) mass is 240 g/mol. The fourth-order valence-electron chi connectivity index (χ4n) is 3.50. The normalized spacial score (nSPS) is 37.1. The number of fused-ring (bicyclic) bond motifs is 2. The first-order valence-corrected chi connectivity index (χ1v) is 6.84. The van der Waals surface area contributed by atoms with Crippen molar-refractivity contribution in [3.63, 3.8) is 0 Å². The van der Waals surface area contributed by atoms with Crippen molar-refractivity contribution in [1.29, 1.82) is 0 Å². The van der Waals surface area contributed by atoms with E-state index in [-0.39, 0.29) is 17.9 Å². The van der Waals surface area contributed by atoms with E-state index in [2.05, 4.69) is 5.32 Å². The van der Waals surface area contributed by atoms with Crippen molar-refractivity contribution in [3.8, 4) is 0 Å². The van der Waals surface area contributed by atoms with Crippen molar-refractivity contribution in [2.45, 2.75) is 51.2 Å². The third-order valence-electron chi connectivity index (χ3n) is 4.42. The topological polar surface area (TPSA) is 75.3 Å². The lowest BCUT2D eigenvalue weighted by Gasteiger charge is -2.27. The Labute approximate surface area is 103 Å². The first-order valence-electron chi connectivity index (χ1n) is 6.84. The molecule has 2 aliphatic rings. The summed E-state index contributed by atoms with van der Waals surface area (Å²) in [5.41, 5.74) is 6.11. The van der Waals surface area contributed by atoms with Crippen LogP contribution < -0.4 is 11.1 Å². The van der Waals surface area contributed by atoms with Crippen molar-refractivity contribution in [2.75, 3.05) is 6.54 Å². The average Bonchev–Trinajstić information content (AvgIpc) is 2.86. The predicted molar refractivity (Wildman–Crippen MR) is 66.2 cm³/mol. The van der Waals surface area contributed by atoms with Gasteiger partial charge in [0.1, 0.15) is 0 Å². The fourth-order valence-corrected chi connectivity index (χ4v) is 3.50. The Bertz CT molecular complexity index is 281. The summed E-state index contributed by atoms with van der Waals surface area (Å²) in [6.45, 7) is 2.39. The van der Waals surface area contributed by atoms with Gasteiger partial charge in [0.2, 0.25) is 5.91 Å². The van der Waals surface area contributed by atoms with Crippen LogP contribution in [0, 0.1) is 17.8 Å². The van der Waals surface area contributed by atoms with Gasteiger partial charge in [-0.1, -0.05) is 13.3 Å². The molecule has 0 aromatic rings. The van der Waals surface area contributed by atoms with E-state index in [1.807, 2.05) is 6.92 Å². The second-order valence-corrected chi connectivity index (χ2v) is 5.62. The molecule has 5 atom stereocenters. The van der Waals surface area contributed by atoms with Gasteiger partial charge in [0, 0.05) is 12.6 Å². The third kappa shape index (κ3) is 2.63. The van der Waals surface area contributed by atoms with E-state index >= 15 is 0 Å². The summed E-state index contributed by atoms with van der Waals surface area (Å²) < 4.78 is 0. The summed E-state index contributed by atoms with van der Waals surface area (Å²) >= 11 is 0. The summed E-state index contributed by atoms with van der Waals surface area (Å²) in [5, 5.41) is 12.4. The van der Waals surface area contributed by atoms with Gasteiger partial charge in [-0.3, -0.25) is 4.79 Å². The molecule has 0 aromatic carbocycles. The molecule has 4 heteroatoms. The Morgan fingerprint density at radius 2 is 2.18 bits per heavy atom. The largest absolute Gasteiger partial charge is 0.391 e. The average molecular weight is 240 g/mol.